The first kappa shape index (κ1) is 10.7. The van der Waals surface area contributed by atoms with Gasteiger partial charge in [-0.1, -0.05) is 24.3 Å². The fourth-order valence-corrected chi connectivity index (χ4v) is 4.21. The molecule has 17 heavy (non-hydrogen) atoms. The lowest BCUT2D eigenvalue weighted by atomic mass is 9.70. The molecule has 3 rings (SSSR count). The molecule has 2 nitrogen and oxygen atoms in total. The average Bonchev–Trinajstić information content (AvgIpc) is 2.81. The fourth-order valence-electron chi connectivity index (χ4n) is 4.21. The summed E-state index contributed by atoms with van der Waals surface area (Å²) in [6.07, 6.45) is 1.95. The highest BCUT2D eigenvalue weighted by Crippen LogP contribution is 2.65. The summed E-state index contributed by atoms with van der Waals surface area (Å²) in [7, 11) is 0. The standard InChI is InChI=1S/C15H16O2/c1-9(16)15(10(2)17)13-7-8-14(15)12-6-4-3-5-11(12)13/h3-6,13-14H,7-8H2,1-2H3/t13-,14-/m0/s1. The minimum atomic E-state index is -0.746. The van der Waals surface area contributed by atoms with E-state index >= 15 is 0 Å². The predicted octanol–water partition coefficient (Wildman–Crippen LogP) is 2.83. The van der Waals surface area contributed by atoms with Crippen LogP contribution in [0, 0.1) is 5.41 Å². The maximum atomic E-state index is 12.1. The first-order valence-corrected chi connectivity index (χ1v) is 6.21. The highest BCUT2D eigenvalue weighted by atomic mass is 16.2. The zero-order chi connectivity index (χ0) is 12.2. The molecule has 2 aliphatic rings. The summed E-state index contributed by atoms with van der Waals surface area (Å²) >= 11 is 0. The number of carbonyl (C=O) groups excluding carboxylic acids is 2. The third-order valence-corrected chi connectivity index (χ3v) is 4.76. The molecule has 0 N–H and O–H groups in total. The predicted molar refractivity (Wildman–Crippen MR) is 65.0 cm³/mol. The van der Waals surface area contributed by atoms with Crippen molar-refractivity contribution in [1.29, 1.82) is 0 Å². The van der Waals surface area contributed by atoms with Crippen molar-refractivity contribution in [2.24, 2.45) is 5.41 Å². The van der Waals surface area contributed by atoms with Crippen LogP contribution in [0.2, 0.25) is 0 Å². The van der Waals surface area contributed by atoms with Gasteiger partial charge in [-0.15, -0.1) is 0 Å². The Balaban J connectivity index is 2.25. The summed E-state index contributed by atoms with van der Waals surface area (Å²) in [4.78, 5) is 24.2. The van der Waals surface area contributed by atoms with E-state index in [9.17, 15) is 9.59 Å². The molecular weight excluding hydrogens is 212 g/mol. The third kappa shape index (κ3) is 1.06. The Bertz CT molecular complexity index is 468. The number of carbonyl (C=O) groups is 2. The van der Waals surface area contributed by atoms with Gasteiger partial charge in [-0.05, 0) is 37.8 Å². The highest BCUT2D eigenvalue weighted by molar-refractivity contribution is 6.08. The van der Waals surface area contributed by atoms with Gasteiger partial charge in [0.25, 0.3) is 0 Å². The number of hydrogen-bond donors (Lipinski definition) is 0. The Morgan fingerprint density at radius 1 is 1.00 bits per heavy atom. The van der Waals surface area contributed by atoms with E-state index < -0.39 is 5.41 Å². The van der Waals surface area contributed by atoms with Crippen molar-refractivity contribution in [3.63, 3.8) is 0 Å². The van der Waals surface area contributed by atoms with Crippen LogP contribution in [0.4, 0.5) is 0 Å². The van der Waals surface area contributed by atoms with E-state index in [-0.39, 0.29) is 23.4 Å². The molecule has 0 radical (unpaired) electrons. The first-order valence-electron chi connectivity index (χ1n) is 6.21. The second kappa shape index (κ2) is 3.28. The Labute approximate surface area is 101 Å². The topological polar surface area (TPSA) is 34.1 Å². The second-order valence-electron chi connectivity index (χ2n) is 5.29. The van der Waals surface area contributed by atoms with Gasteiger partial charge in [0.1, 0.15) is 17.0 Å². The Morgan fingerprint density at radius 3 is 1.76 bits per heavy atom. The lowest BCUT2D eigenvalue weighted by Gasteiger charge is -2.28. The van der Waals surface area contributed by atoms with Gasteiger partial charge in [0.2, 0.25) is 0 Å². The Kier molecular flexibility index (Phi) is 2.07. The summed E-state index contributed by atoms with van der Waals surface area (Å²) < 4.78 is 0. The van der Waals surface area contributed by atoms with Crippen molar-refractivity contribution in [3.8, 4) is 0 Å². The molecule has 0 aromatic heterocycles. The van der Waals surface area contributed by atoms with Gasteiger partial charge in [-0.2, -0.15) is 0 Å². The molecule has 0 heterocycles. The van der Waals surface area contributed by atoms with Gasteiger partial charge >= 0.3 is 0 Å². The lowest BCUT2D eigenvalue weighted by molar-refractivity contribution is -0.139. The first-order chi connectivity index (χ1) is 8.10. The number of rotatable bonds is 2. The number of benzene rings is 1. The molecular formula is C15H16O2. The van der Waals surface area contributed by atoms with E-state index in [1.165, 1.54) is 11.1 Å². The minimum Gasteiger partial charge on any atom is -0.299 e. The molecule has 0 spiro atoms. The van der Waals surface area contributed by atoms with Gasteiger partial charge in [-0.25, -0.2) is 0 Å². The molecule has 0 amide bonds. The normalized spacial score (nSPS) is 27.9. The summed E-state index contributed by atoms with van der Waals surface area (Å²) in [5.74, 6) is 0.347. The number of hydrogen-bond acceptors (Lipinski definition) is 2. The van der Waals surface area contributed by atoms with Crippen molar-refractivity contribution in [2.45, 2.75) is 38.5 Å². The van der Waals surface area contributed by atoms with E-state index in [2.05, 4.69) is 12.1 Å². The van der Waals surface area contributed by atoms with Crippen molar-refractivity contribution >= 4 is 11.6 Å². The maximum Gasteiger partial charge on any atom is 0.144 e. The van der Waals surface area contributed by atoms with Crippen molar-refractivity contribution < 1.29 is 9.59 Å². The number of Topliss-reactive ketones (excluding diaryl/α,β-unsaturated/α-hetero) is 2. The summed E-state index contributed by atoms with van der Waals surface area (Å²) in [6.45, 7) is 3.16. The molecule has 0 saturated heterocycles. The van der Waals surface area contributed by atoms with E-state index in [0.29, 0.717) is 0 Å². The zero-order valence-electron chi connectivity index (χ0n) is 10.2. The largest absolute Gasteiger partial charge is 0.299 e. The van der Waals surface area contributed by atoms with Crippen LogP contribution in [-0.2, 0) is 9.59 Å². The van der Waals surface area contributed by atoms with Crippen LogP contribution in [0.1, 0.15) is 49.7 Å². The van der Waals surface area contributed by atoms with Gasteiger partial charge < -0.3 is 0 Å². The van der Waals surface area contributed by atoms with Gasteiger partial charge in [-0.3, -0.25) is 9.59 Å². The zero-order valence-corrected chi connectivity index (χ0v) is 10.2. The van der Waals surface area contributed by atoms with Gasteiger partial charge in [0.05, 0.1) is 0 Å². The Morgan fingerprint density at radius 2 is 1.41 bits per heavy atom. The van der Waals surface area contributed by atoms with Crippen LogP contribution in [0.15, 0.2) is 24.3 Å². The lowest BCUT2D eigenvalue weighted by Crippen LogP contribution is -2.39. The molecule has 2 heteroatoms. The van der Waals surface area contributed by atoms with E-state index in [1.54, 1.807) is 13.8 Å². The number of fused-ring (bicyclic) bond motifs is 5. The molecule has 2 atom stereocenters. The van der Waals surface area contributed by atoms with Gasteiger partial charge in [0.15, 0.2) is 0 Å². The minimum absolute atomic E-state index is 0.0497. The van der Waals surface area contributed by atoms with Crippen molar-refractivity contribution in [1.82, 2.24) is 0 Å². The van der Waals surface area contributed by atoms with Crippen LogP contribution < -0.4 is 0 Å². The van der Waals surface area contributed by atoms with Gasteiger partial charge in [0, 0.05) is 11.8 Å². The quantitative estimate of drug-likeness (QED) is 0.729. The molecule has 88 valence electrons. The molecule has 1 saturated carbocycles. The molecule has 0 aliphatic heterocycles. The van der Waals surface area contributed by atoms with E-state index in [4.69, 9.17) is 0 Å². The smallest absolute Gasteiger partial charge is 0.144 e. The Hall–Kier alpha value is -1.44. The molecule has 1 aromatic rings. The van der Waals surface area contributed by atoms with E-state index in [0.717, 1.165) is 12.8 Å². The summed E-state index contributed by atoms with van der Waals surface area (Å²) in [5.41, 5.74) is 1.72. The second-order valence-corrected chi connectivity index (χ2v) is 5.29. The third-order valence-electron chi connectivity index (χ3n) is 4.76. The average molecular weight is 228 g/mol. The number of ketones is 2. The van der Waals surface area contributed by atoms with Crippen LogP contribution in [0.25, 0.3) is 0 Å². The van der Waals surface area contributed by atoms with Crippen LogP contribution in [0.5, 0.6) is 0 Å². The fraction of sp³-hybridized carbons (Fsp3) is 0.467. The molecule has 2 aliphatic carbocycles. The van der Waals surface area contributed by atoms with Crippen LogP contribution in [-0.4, -0.2) is 11.6 Å². The van der Waals surface area contributed by atoms with Crippen molar-refractivity contribution in [3.05, 3.63) is 35.4 Å². The summed E-state index contributed by atoms with van der Waals surface area (Å²) in [5, 5.41) is 0. The maximum absolute atomic E-state index is 12.1. The molecule has 1 fully saturated rings. The van der Waals surface area contributed by atoms with Crippen LogP contribution >= 0.6 is 0 Å². The highest BCUT2D eigenvalue weighted by Gasteiger charge is 2.62. The monoisotopic (exact) mass is 228 g/mol. The molecule has 2 bridgehead atoms. The molecule has 0 unspecified atom stereocenters. The molecule has 1 aromatic carbocycles. The SMILES string of the molecule is CC(=O)C1(C(C)=O)[C@H]2CC[C@H]1c1ccccc12. The summed E-state index contributed by atoms with van der Waals surface area (Å²) in [6, 6.07) is 8.18. The van der Waals surface area contributed by atoms with E-state index in [1.807, 2.05) is 12.1 Å². The van der Waals surface area contributed by atoms with Crippen molar-refractivity contribution in [2.75, 3.05) is 0 Å². The van der Waals surface area contributed by atoms with Crippen LogP contribution in [0.3, 0.4) is 0 Å².